The van der Waals surface area contributed by atoms with E-state index in [1.807, 2.05) is 0 Å². The Bertz CT molecular complexity index is 978. The number of hydrogen-bond donors (Lipinski definition) is 8. The molecule has 0 aliphatic heterocycles. The van der Waals surface area contributed by atoms with Crippen LogP contribution in [0.2, 0.25) is 0 Å². The molecule has 0 radical (unpaired) electrons. The predicted molar refractivity (Wildman–Crippen MR) is 118 cm³/mol. The number of aliphatic hydroxyl groups is 1. The third-order valence-corrected chi connectivity index (χ3v) is 4.87. The minimum Gasteiger partial charge on any atom is -0.508 e. The number of amides is 3. The molecule has 2 aromatic rings. The zero-order chi connectivity index (χ0) is 25.3. The molecule has 0 saturated heterocycles. The number of hydrogen-bond acceptors (Lipinski definition) is 8. The lowest BCUT2D eigenvalue weighted by molar-refractivity contribution is -0.142. The zero-order valence-corrected chi connectivity index (χ0v) is 18.4. The molecule has 1 aromatic carbocycles. The van der Waals surface area contributed by atoms with Crippen LogP contribution in [0.15, 0.2) is 36.8 Å². The second kappa shape index (κ2) is 12.3. The number of phenolic OH excluding ortho intramolecular Hbond substituents is 1. The number of nitrogens with two attached hydrogens (primary N) is 1. The van der Waals surface area contributed by atoms with Crippen LogP contribution in [0.4, 0.5) is 0 Å². The highest BCUT2D eigenvalue weighted by molar-refractivity contribution is 5.92. The van der Waals surface area contributed by atoms with E-state index in [-0.39, 0.29) is 18.6 Å². The smallest absolute Gasteiger partial charge is 0.326 e. The Kier molecular flexibility index (Phi) is 9.52. The molecule has 1 heterocycles. The van der Waals surface area contributed by atoms with Crippen molar-refractivity contribution in [3.8, 4) is 5.75 Å². The van der Waals surface area contributed by atoms with Crippen molar-refractivity contribution in [1.29, 1.82) is 0 Å². The Labute approximate surface area is 194 Å². The number of aliphatic hydroxyl groups excluding tert-OH is 1. The van der Waals surface area contributed by atoms with Gasteiger partial charge < -0.3 is 42.0 Å². The number of carboxylic acid groups (broad SMARTS) is 1. The van der Waals surface area contributed by atoms with Crippen molar-refractivity contribution in [3.05, 3.63) is 48.0 Å². The van der Waals surface area contributed by atoms with Crippen LogP contribution < -0.4 is 21.7 Å². The fraction of sp³-hybridized carbons (Fsp3) is 0.381. The molecule has 34 heavy (non-hydrogen) atoms. The topological polar surface area (TPSA) is 220 Å². The summed E-state index contributed by atoms with van der Waals surface area (Å²) >= 11 is 0. The molecule has 13 nitrogen and oxygen atoms in total. The van der Waals surface area contributed by atoms with Gasteiger partial charge in [-0.2, -0.15) is 0 Å². The van der Waals surface area contributed by atoms with Gasteiger partial charge in [0.15, 0.2) is 0 Å². The summed E-state index contributed by atoms with van der Waals surface area (Å²) in [5.74, 6) is -3.51. The molecule has 2 rings (SSSR count). The Hall–Kier alpha value is -3.97. The Morgan fingerprint density at radius 3 is 2.29 bits per heavy atom. The molecule has 184 valence electrons. The molecule has 4 unspecified atom stereocenters. The molecule has 1 aromatic heterocycles. The summed E-state index contributed by atoms with van der Waals surface area (Å²) in [6, 6.07) is 2.14. The Morgan fingerprint density at radius 1 is 1.06 bits per heavy atom. The van der Waals surface area contributed by atoms with E-state index in [0.29, 0.717) is 11.3 Å². The maximum Gasteiger partial charge on any atom is 0.326 e. The molecule has 4 atom stereocenters. The summed E-state index contributed by atoms with van der Waals surface area (Å²) in [6.45, 7) is 0.813. The third-order valence-electron chi connectivity index (χ3n) is 4.87. The minimum absolute atomic E-state index is 0.0171. The summed E-state index contributed by atoms with van der Waals surface area (Å²) in [7, 11) is 0. The van der Waals surface area contributed by atoms with Gasteiger partial charge in [0.1, 0.15) is 23.9 Å². The number of nitrogens with zero attached hydrogens (tertiary/aromatic N) is 1. The fourth-order valence-corrected chi connectivity index (χ4v) is 2.92. The lowest BCUT2D eigenvalue weighted by Crippen LogP contribution is -2.55. The SMILES string of the molecule is CC(O)C(N)C(=O)NCC(=O)NC(Cc1cnc[nH]1)C(=O)NC(Cc1ccc(O)cc1)C(=O)O. The van der Waals surface area contributed by atoms with Crippen LogP contribution in [0.25, 0.3) is 0 Å². The lowest BCUT2D eigenvalue weighted by atomic mass is 10.0. The van der Waals surface area contributed by atoms with Crippen molar-refractivity contribution in [2.24, 2.45) is 5.73 Å². The molecule has 3 amide bonds. The third kappa shape index (κ3) is 8.18. The van der Waals surface area contributed by atoms with Crippen molar-refractivity contribution in [2.45, 2.75) is 44.0 Å². The van der Waals surface area contributed by atoms with Crippen molar-refractivity contribution in [1.82, 2.24) is 25.9 Å². The highest BCUT2D eigenvalue weighted by Gasteiger charge is 2.28. The van der Waals surface area contributed by atoms with Crippen molar-refractivity contribution < 1.29 is 34.5 Å². The number of aromatic hydroxyl groups is 1. The van der Waals surface area contributed by atoms with Gasteiger partial charge in [0.25, 0.3) is 0 Å². The normalized spacial score (nSPS) is 14.3. The Balaban J connectivity index is 2.06. The number of aliphatic carboxylic acids is 1. The maximum atomic E-state index is 12.9. The lowest BCUT2D eigenvalue weighted by Gasteiger charge is -2.22. The van der Waals surface area contributed by atoms with Gasteiger partial charge in [-0.05, 0) is 24.6 Å². The van der Waals surface area contributed by atoms with Crippen LogP contribution in [0, 0.1) is 0 Å². The fourth-order valence-electron chi connectivity index (χ4n) is 2.92. The number of H-pyrrole nitrogens is 1. The standard InChI is InChI=1S/C21H28N6O7/c1-11(28)18(22)20(32)24-9-17(30)26-15(7-13-8-23-10-25-13)19(31)27-16(21(33)34)6-12-2-4-14(29)5-3-12/h2-5,8,10-11,15-16,18,28-29H,6-7,9,22H2,1H3,(H,23,25)(H,24,32)(H,26,30)(H,27,31)(H,33,34). The number of nitrogens with one attached hydrogen (secondary N) is 4. The zero-order valence-electron chi connectivity index (χ0n) is 18.4. The summed E-state index contributed by atoms with van der Waals surface area (Å²) in [5, 5.41) is 35.4. The molecular weight excluding hydrogens is 448 g/mol. The molecule has 13 heteroatoms. The van der Waals surface area contributed by atoms with E-state index < -0.39 is 54.5 Å². The van der Waals surface area contributed by atoms with Gasteiger partial charge >= 0.3 is 5.97 Å². The molecule has 0 saturated carbocycles. The minimum atomic E-state index is -1.30. The predicted octanol–water partition coefficient (Wildman–Crippen LogP) is -2.22. The van der Waals surface area contributed by atoms with Gasteiger partial charge in [0.2, 0.25) is 17.7 Å². The largest absolute Gasteiger partial charge is 0.508 e. The van der Waals surface area contributed by atoms with Gasteiger partial charge in [-0.1, -0.05) is 12.1 Å². The number of aromatic nitrogens is 2. The average Bonchev–Trinajstić information content (AvgIpc) is 3.30. The number of phenols is 1. The van der Waals surface area contributed by atoms with E-state index in [9.17, 15) is 34.5 Å². The number of carbonyl (C=O) groups is 4. The van der Waals surface area contributed by atoms with Gasteiger partial charge in [-0.15, -0.1) is 0 Å². The van der Waals surface area contributed by atoms with Crippen LogP contribution in [-0.2, 0) is 32.0 Å². The second-order valence-corrected chi connectivity index (χ2v) is 7.66. The molecule has 0 bridgehead atoms. The monoisotopic (exact) mass is 476 g/mol. The molecule has 0 fully saturated rings. The van der Waals surface area contributed by atoms with Crippen LogP contribution >= 0.6 is 0 Å². The average molecular weight is 476 g/mol. The van der Waals surface area contributed by atoms with Gasteiger partial charge in [0, 0.05) is 24.7 Å². The first-order chi connectivity index (χ1) is 16.1. The molecule has 0 aliphatic carbocycles. The number of aromatic amines is 1. The number of rotatable bonds is 12. The quantitative estimate of drug-likeness (QED) is 0.166. The van der Waals surface area contributed by atoms with E-state index in [1.54, 1.807) is 0 Å². The van der Waals surface area contributed by atoms with Crippen molar-refractivity contribution >= 4 is 23.7 Å². The number of benzene rings is 1. The first kappa shape index (κ1) is 26.3. The first-order valence-corrected chi connectivity index (χ1v) is 10.4. The molecule has 0 aliphatic rings. The van der Waals surface area contributed by atoms with E-state index in [0.717, 1.165) is 0 Å². The van der Waals surface area contributed by atoms with Crippen molar-refractivity contribution in [2.75, 3.05) is 6.54 Å². The molecule has 9 N–H and O–H groups in total. The highest BCUT2D eigenvalue weighted by Crippen LogP contribution is 2.12. The maximum absolute atomic E-state index is 12.9. The summed E-state index contributed by atoms with van der Waals surface area (Å²) in [4.78, 5) is 55.4. The van der Waals surface area contributed by atoms with E-state index in [1.165, 1.54) is 43.7 Å². The Morgan fingerprint density at radius 2 is 1.74 bits per heavy atom. The number of imidazole rings is 1. The summed E-state index contributed by atoms with van der Waals surface area (Å²) < 4.78 is 0. The van der Waals surface area contributed by atoms with Crippen LogP contribution in [0.1, 0.15) is 18.2 Å². The van der Waals surface area contributed by atoms with E-state index in [2.05, 4.69) is 25.9 Å². The van der Waals surface area contributed by atoms with Crippen LogP contribution in [-0.4, -0.2) is 79.8 Å². The highest BCUT2D eigenvalue weighted by atomic mass is 16.4. The van der Waals surface area contributed by atoms with Gasteiger partial charge in [-0.25, -0.2) is 9.78 Å². The van der Waals surface area contributed by atoms with Crippen LogP contribution in [0.3, 0.4) is 0 Å². The van der Waals surface area contributed by atoms with E-state index >= 15 is 0 Å². The summed E-state index contributed by atoms with van der Waals surface area (Å²) in [5.41, 5.74) is 6.57. The molecular formula is C21H28N6O7. The molecule has 0 spiro atoms. The summed E-state index contributed by atoms with van der Waals surface area (Å²) in [6.07, 6.45) is 1.63. The first-order valence-electron chi connectivity index (χ1n) is 10.4. The number of carbonyl (C=O) groups excluding carboxylic acids is 3. The van der Waals surface area contributed by atoms with Gasteiger partial charge in [-0.3, -0.25) is 14.4 Å². The number of carboxylic acids is 1. The van der Waals surface area contributed by atoms with E-state index in [4.69, 9.17) is 5.73 Å². The van der Waals surface area contributed by atoms with Crippen LogP contribution in [0.5, 0.6) is 5.75 Å². The van der Waals surface area contributed by atoms with Gasteiger partial charge in [0.05, 0.1) is 19.0 Å². The second-order valence-electron chi connectivity index (χ2n) is 7.66. The van der Waals surface area contributed by atoms with Crippen molar-refractivity contribution in [3.63, 3.8) is 0 Å².